The van der Waals surface area contributed by atoms with Crippen molar-refractivity contribution < 1.29 is 9.59 Å². The summed E-state index contributed by atoms with van der Waals surface area (Å²) in [7, 11) is 0. The normalized spacial score (nSPS) is 13.7. The van der Waals surface area contributed by atoms with E-state index in [1.165, 1.54) is 23.1 Å². The van der Waals surface area contributed by atoms with Crippen LogP contribution in [-0.4, -0.2) is 27.0 Å². The van der Waals surface area contributed by atoms with Gasteiger partial charge < -0.3 is 11.1 Å². The number of amides is 2. The molecule has 2 amide bonds. The van der Waals surface area contributed by atoms with Crippen molar-refractivity contribution in [2.45, 2.75) is 43.5 Å². The van der Waals surface area contributed by atoms with E-state index in [0.717, 1.165) is 46.7 Å². The Morgan fingerprint density at radius 1 is 1.20 bits per heavy atom. The van der Waals surface area contributed by atoms with Gasteiger partial charge >= 0.3 is 0 Å². The van der Waals surface area contributed by atoms with Crippen LogP contribution in [0.25, 0.3) is 11.3 Å². The van der Waals surface area contributed by atoms with Gasteiger partial charge in [0.25, 0.3) is 5.91 Å². The van der Waals surface area contributed by atoms with E-state index in [0.29, 0.717) is 15.7 Å². The molecule has 3 aromatic rings. The number of aryl methyl sites for hydroxylation is 2. The first-order valence-corrected chi connectivity index (χ1v) is 11.4. The van der Waals surface area contributed by atoms with Crippen LogP contribution in [0.2, 0.25) is 0 Å². The lowest BCUT2D eigenvalue weighted by Gasteiger charge is -2.12. The van der Waals surface area contributed by atoms with Gasteiger partial charge in [0.15, 0.2) is 5.16 Å². The van der Waals surface area contributed by atoms with E-state index in [1.54, 1.807) is 6.92 Å². The lowest BCUT2D eigenvalue weighted by atomic mass is 10.1. The summed E-state index contributed by atoms with van der Waals surface area (Å²) in [5.74, 6) is -0.687. The number of carbonyl (C=O) groups is 2. The molecule has 1 aromatic carbocycles. The molecule has 0 spiro atoms. The van der Waals surface area contributed by atoms with Crippen LogP contribution in [0.15, 0.2) is 41.6 Å². The van der Waals surface area contributed by atoms with Crippen LogP contribution in [0.3, 0.4) is 0 Å². The maximum absolute atomic E-state index is 12.8. The number of nitrogens with two attached hydrogens (primary N) is 1. The summed E-state index contributed by atoms with van der Waals surface area (Å²) < 4.78 is 0. The SMILES string of the molecule is Cc1cc(-c2ccccc2)nc(SC(C)C(=O)Nc2sc3c(c2C(N)=O)CCC3)n1. The minimum absolute atomic E-state index is 0.200. The molecule has 0 saturated heterocycles. The zero-order valence-electron chi connectivity index (χ0n) is 16.8. The van der Waals surface area contributed by atoms with Crippen LogP contribution in [-0.2, 0) is 17.6 Å². The first kappa shape index (κ1) is 20.6. The Morgan fingerprint density at radius 2 is 1.97 bits per heavy atom. The predicted molar refractivity (Wildman–Crippen MR) is 121 cm³/mol. The summed E-state index contributed by atoms with van der Waals surface area (Å²) in [5, 5.41) is 3.56. The van der Waals surface area contributed by atoms with Crippen LogP contribution in [0.5, 0.6) is 0 Å². The first-order valence-electron chi connectivity index (χ1n) is 9.75. The van der Waals surface area contributed by atoms with Crippen LogP contribution in [0.4, 0.5) is 5.00 Å². The number of primary amides is 1. The summed E-state index contributed by atoms with van der Waals surface area (Å²) in [4.78, 5) is 35.0. The van der Waals surface area contributed by atoms with Crippen molar-refractivity contribution in [2.75, 3.05) is 5.32 Å². The van der Waals surface area contributed by atoms with Gasteiger partial charge in [0.2, 0.25) is 5.91 Å². The Morgan fingerprint density at radius 3 is 2.70 bits per heavy atom. The van der Waals surface area contributed by atoms with Gasteiger partial charge in [0.05, 0.1) is 16.5 Å². The number of hydrogen-bond acceptors (Lipinski definition) is 6. The molecule has 0 fully saturated rings. The van der Waals surface area contributed by atoms with Crippen LogP contribution < -0.4 is 11.1 Å². The Bertz CT molecular complexity index is 1110. The van der Waals surface area contributed by atoms with E-state index < -0.39 is 11.2 Å². The van der Waals surface area contributed by atoms with Gasteiger partial charge in [-0.05, 0) is 44.7 Å². The lowest BCUT2D eigenvalue weighted by Crippen LogP contribution is -2.24. The Labute approximate surface area is 183 Å². The van der Waals surface area contributed by atoms with Gasteiger partial charge in [0.1, 0.15) is 5.00 Å². The molecule has 2 aromatic heterocycles. The lowest BCUT2D eigenvalue weighted by molar-refractivity contribution is -0.115. The van der Waals surface area contributed by atoms with E-state index >= 15 is 0 Å². The molecule has 0 radical (unpaired) electrons. The van der Waals surface area contributed by atoms with Gasteiger partial charge in [0, 0.05) is 16.1 Å². The Kier molecular flexibility index (Phi) is 5.87. The predicted octanol–water partition coefficient (Wildman–Crippen LogP) is 4.22. The largest absolute Gasteiger partial charge is 0.365 e. The molecule has 1 unspecified atom stereocenters. The number of nitrogens with zero attached hydrogens (tertiary/aromatic N) is 2. The highest BCUT2D eigenvalue weighted by Gasteiger charge is 2.27. The Balaban J connectivity index is 1.51. The van der Waals surface area contributed by atoms with E-state index in [2.05, 4.69) is 15.3 Å². The highest BCUT2D eigenvalue weighted by atomic mass is 32.2. The second-order valence-corrected chi connectivity index (χ2v) is 9.63. The van der Waals surface area contributed by atoms with Gasteiger partial charge in [-0.1, -0.05) is 42.1 Å². The minimum Gasteiger partial charge on any atom is -0.365 e. The standard InChI is InChI=1S/C22H22N4O2S2/c1-12-11-16(14-7-4-3-5-8-14)25-22(24-12)29-13(2)20(28)26-21-18(19(23)27)15-9-6-10-17(15)30-21/h3-5,7-8,11,13H,6,9-10H2,1-2H3,(H2,23,27)(H,26,28). The van der Waals surface area contributed by atoms with Crippen LogP contribution in [0.1, 0.15) is 39.8 Å². The fourth-order valence-corrected chi connectivity index (χ4v) is 5.66. The quantitative estimate of drug-likeness (QED) is 0.443. The third kappa shape index (κ3) is 4.24. The first-order chi connectivity index (χ1) is 14.4. The number of carbonyl (C=O) groups excluding carboxylic acids is 2. The number of benzene rings is 1. The molecule has 1 aliphatic rings. The maximum atomic E-state index is 12.8. The molecule has 3 N–H and O–H groups in total. The number of nitrogens with one attached hydrogen (secondary N) is 1. The topological polar surface area (TPSA) is 98.0 Å². The molecule has 154 valence electrons. The summed E-state index contributed by atoms with van der Waals surface area (Å²) in [6.07, 6.45) is 2.79. The van der Waals surface area contributed by atoms with Crippen LogP contribution in [0, 0.1) is 6.92 Å². The van der Waals surface area contributed by atoms with Gasteiger partial charge in [-0.25, -0.2) is 9.97 Å². The summed E-state index contributed by atoms with van der Waals surface area (Å²) in [5.41, 5.74) is 9.72. The third-order valence-electron chi connectivity index (χ3n) is 4.96. The molecule has 8 heteroatoms. The smallest absolute Gasteiger partial charge is 0.251 e. The molecule has 0 aliphatic heterocycles. The second kappa shape index (κ2) is 8.57. The van der Waals surface area contributed by atoms with Gasteiger partial charge in [-0.3, -0.25) is 9.59 Å². The molecule has 0 bridgehead atoms. The molecule has 1 aliphatic carbocycles. The van der Waals surface area contributed by atoms with E-state index in [1.807, 2.05) is 43.3 Å². The molecule has 4 rings (SSSR count). The van der Waals surface area contributed by atoms with E-state index in [9.17, 15) is 9.59 Å². The summed E-state index contributed by atoms with van der Waals surface area (Å²) in [6.45, 7) is 3.72. The summed E-state index contributed by atoms with van der Waals surface area (Å²) in [6, 6.07) is 11.8. The number of rotatable bonds is 6. The van der Waals surface area contributed by atoms with E-state index in [-0.39, 0.29) is 5.91 Å². The van der Waals surface area contributed by atoms with Crippen LogP contribution >= 0.6 is 23.1 Å². The molecule has 0 saturated carbocycles. The molecular weight excluding hydrogens is 416 g/mol. The highest BCUT2D eigenvalue weighted by Crippen LogP contribution is 2.39. The van der Waals surface area contributed by atoms with Gasteiger partial charge in [-0.15, -0.1) is 11.3 Å². The van der Waals surface area contributed by atoms with Crippen molar-refractivity contribution in [3.63, 3.8) is 0 Å². The van der Waals surface area contributed by atoms with Crippen molar-refractivity contribution in [2.24, 2.45) is 5.73 Å². The molecule has 6 nitrogen and oxygen atoms in total. The average Bonchev–Trinajstić information content (AvgIpc) is 3.28. The number of fused-ring (bicyclic) bond motifs is 1. The van der Waals surface area contributed by atoms with Crippen molar-refractivity contribution in [3.05, 3.63) is 58.1 Å². The zero-order valence-corrected chi connectivity index (χ0v) is 18.4. The fourth-order valence-electron chi connectivity index (χ4n) is 3.53. The maximum Gasteiger partial charge on any atom is 0.251 e. The van der Waals surface area contributed by atoms with Crippen molar-refractivity contribution in [1.82, 2.24) is 9.97 Å². The average molecular weight is 439 g/mol. The molecule has 1 atom stereocenters. The summed E-state index contributed by atoms with van der Waals surface area (Å²) >= 11 is 2.75. The second-order valence-electron chi connectivity index (χ2n) is 7.22. The number of hydrogen-bond donors (Lipinski definition) is 2. The fraction of sp³-hybridized carbons (Fsp3) is 0.273. The number of aromatic nitrogens is 2. The van der Waals surface area contributed by atoms with Crippen molar-refractivity contribution >= 4 is 39.9 Å². The monoisotopic (exact) mass is 438 g/mol. The number of thioether (sulfide) groups is 1. The molecular formula is C22H22N4O2S2. The van der Waals surface area contributed by atoms with Crippen molar-refractivity contribution in [1.29, 1.82) is 0 Å². The number of thiophene rings is 1. The number of anilines is 1. The zero-order chi connectivity index (χ0) is 21.3. The molecule has 30 heavy (non-hydrogen) atoms. The minimum atomic E-state index is -0.487. The molecule has 2 heterocycles. The third-order valence-corrected chi connectivity index (χ3v) is 7.13. The van der Waals surface area contributed by atoms with Crippen molar-refractivity contribution in [3.8, 4) is 11.3 Å². The highest BCUT2D eigenvalue weighted by molar-refractivity contribution is 8.00. The van der Waals surface area contributed by atoms with Gasteiger partial charge in [-0.2, -0.15) is 0 Å². The van der Waals surface area contributed by atoms with E-state index in [4.69, 9.17) is 5.73 Å². The Hall–Kier alpha value is -2.71.